The number of hydrazone groups is 1. The summed E-state index contributed by atoms with van der Waals surface area (Å²) in [5.41, 5.74) is 3.48. The molecule has 0 aliphatic heterocycles. The number of aromatic nitrogens is 1. The maximum atomic E-state index is 11.5. The highest BCUT2D eigenvalue weighted by molar-refractivity contribution is 8.01. The van der Waals surface area contributed by atoms with E-state index < -0.39 is 0 Å². The SMILES string of the molecule is CC(C)/C=N/NC(=O)CSc1nc2ccccc2s1. The molecule has 0 bridgehead atoms. The minimum atomic E-state index is -0.110. The predicted octanol–water partition coefficient (Wildman–Crippen LogP) is 3.15. The first-order valence-corrected chi connectivity index (χ1v) is 7.76. The highest BCUT2D eigenvalue weighted by atomic mass is 32.2. The molecule has 6 heteroatoms. The first-order valence-electron chi connectivity index (χ1n) is 5.95. The molecule has 0 unspecified atom stereocenters. The van der Waals surface area contributed by atoms with Crippen LogP contribution in [-0.2, 0) is 4.79 Å². The van der Waals surface area contributed by atoms with Crippen LogP contribution in [0.1, 0.15) is 13.8 Å². The smallest absolute Gasteiger partial charge is 0.250 e. The maximum absolute atomic E-state index is 11.5. The van der Waals surface area contributed by atoms with Gasteiger partial charge in [0.1, 0.15) is 0 Å². The van der Waals surface area contributed by atoms with E-state index in [2.05, 4.69) is 15.5 Å². The minimum absolute atomic E-state index is 0.110. The minimum Gasteiger partial charge on any atom is -0.272 e. The second kappa shape index (κ2) is 6.68. The van der Waals surface area contributed by atoms with Gasteiger partial charge in [0, 0.05) is 6.21 Å². The van der Waals surface area contributed by atoms with Crippen LogP contribution in [0.3, 0.4) is 0 Å². The zero-order valence-corrected chi connectivity index (χ0v) is 12.4. The van der Waals surface area contributed by atoms with Gasteiger partial charge in [-0.3, -0.25) is 4.79 Å². The summed E-state index contributed by atoms with van der Waals surface area (Å²) in [6.45, 7) is 4.01. The first kappa shape index (κ1) is 14.0. The Labute approximate surface area is 120 Å². The summed E-state index contributed by atoms with van der Waals surface area (Å²) in [5, 5.41) is 3.87. The van der Waals surface area contributed by atoms with Crippen LogP contribution in [0.4, 0.5) is 0 Å². The number of carbonyl (C=O) groups is 1. The van der Waals surface area contributed by atoms with Gasteiger partial charge in [0.05, 0.1) is 16.0 Å². The number of thioether (sulfide) groups is 1. The number of carbonyl (C=O) groups excluding carboxylic acids is 1. The summed E-state index contributed by atoms with van der Waals surface area (Å²) in [4.78, 5) is 16.0. The number of benzene rings is 1. The molecule has 100 valence electrons. The third-order valence-electron chi connectivity index (χ3n) is 2.16. The molecule has 0 saturated heterocycles. The Morgan fingerprint density at radius 3 is 3.05 bits per heavy atom. The number of nitrogens with one attached hydrogen (secondary N) is 1. The highest BCUT2D eigenvalue weighted by Crippen LogP contribution is 2.28. The van der Waals surface area contributed by atoms with E-state index in [4.69, 9.17) is 0 Å². The van der Waals surface area contributed by atoms with Crippen LogP contribution < -0.4 is 5.43 Å². The lowest BCUT2D eigenvalue weighted by atomic mass is 10.3. The molecule has 4 nitrogen and oxygen atoms in total. The fourth-order valence-corrected chi connectivity index (χ4v) is 3.19. The van der Waals surface area contributed by atoms with E-state index in [-0.39, 0.29) is 5.91 Å². The fraction of sp³-hybridized carbons (Fsp3) is 0.308. The standard InChI is InChI=1S/C13H15N3OS2/c1-9(2)7-14-16-12(17)8-18-13-15-10-5-3-4-6-11(10)19-13/h3-7,9H,8H2,1-2H3,(H,16,17)/b14-7+. The van der Waals surface area contributed by atoms with Crippen molar-refractivity contribution in [1.82, 2.24) is 10.4 Å². The van der Waals surface area contributed by atoms with Crippen LogP contribution in [-0.4, -0.2) is 22.9 Å². The molecule has 19 heavy (non-hydrogen) atoms. The molecule has 1 N–H and O–H groups in total. The van der Waals surface area contributed by atoms with Gasteiger partial charge in [0.25, 0.3) is 0 Å². The van der Waals surface area contributed by atoms with Crippen molar-refractivity contribution in [2.24, 2.45) is 11.0 Å². The number of nitrogens with zero attached hydrogens (tertiary/aromatic N) is 2. The van der Waals surface area contributed by atoms with E-state index in [1.807, 2.05) is 38.1 Å². The van der Waals surface area contributed by atoms with Gasteiger partial charge in [-0.25, -0.2) is 10.4 Å². The Morgan fingerprint density at radius 1 is 1.53 bits per heavy atom. The monoisotopic (exact) mass is 293 g/mol. The molecule has 1 aromatic carbocycles. The first-order chi connectivity index (χ1) is 9.15. The van der Waals surface area contributed by atoms with Gasteiger partial charge in [-0.15, -0.1) is 11.3 Å². The van der Waals surface area contributed by atoms with E-state index in [1.54, 1.807) is 17.6 Å². The summed E-state index contributed by atoms with van der Waals surface area (Å²) in [7, 11) is 0. The zero-order chi connectivity index (χ0) is 13.7. The van der Waals surface area contributed by atoms with Gasteiger partial charge >= 0.3 is 0 Å². The summed E-state index contributed by atoms with van der Waals surface area (Å²) in [6.07, 6.45) is 1.71. The largest absolute Gasteiger partial charge is 0.272 e. The van der Waals surface area contributed by atoms with Crippen LogP contribution in [0, 0.1) is 5.92 Å². The zero-order valence-electron chi connectivity index (χ0n) is 10.8. The fourth-order valence-electron chi connectivity index (χ4n) is 1.33. The lowest BCUT2D eigenvalue weighted by molar-refractivity contribution is -0.118. The Bertz CT molecular complexity index is 559. The van der Waals surface area contributed by atoms with Crippen molar-refractivity contribution >= 4 is 45.4 Å². The van der Waals surface area contributed by atoms with E-state index >= 15 is 0 Å². The summed E-state index contributed by atoms with van der Waals surface area (Å²) in [5.74, 6) is 0.549. The van der Waals surface area contributed by atoms with Crippen molar-refractivity contribution in [3.05, 3.63) is 24.3 Å². The lowest BCUT2D eigenvalue weighted by Crippen LogP contribution is -2.19. The lowest BCUT2D eigenvalue weighted by Gasteiger charge is -1.98. The van der Waals surface area contributed by atoms with Crippen molar-refractivity contribution in [1.29, 1.82) is 0 Å². The van der Waals surface area contributed by atoms with Crippen molar-refractivity contribution in [3.63, 3.8) is 0 Å². The van der Waals surface area contributed by atoms with E-state index in [9.17, 15) is 4.79 Å². The van der Waals surface area contributed by atoms with Gasteiger partial charge in [0.2, 0.25) is 5.91 Å². The van der Waals surface area contributed by atoms with Crippen LogP contribution in [0.5, 0.6) is 0 Å². The molecule has 0 radical (unpaired) electrons. The van der Waals surface area contributed by atoms with Crippen molar-refractivity contribution < 1.29 is 4.79 Å². The number of rotatable bonds is 5. The van der Waals surface area contributed by atoms with Crippen molar-refractivity contribution in [2.75, 3.05) is 5.75 Å². The third-order valence-corrected chi connectivity index (χ3v) is 4.34. The van der Waals surface area contributed by atoms with Gasteiger partial charge in [0.15, 0.2) is 4.34 Å². The van der Waals surface area contributed by atoms with Crippen LogP contribution in [0.25, 0.3) is 10.2 Å². The molecule has 1 amide bonds. The van der Waals surface area contributed by atoms with Crippen LogP contribution in [0.15, 0.2) is 33.7 Å². The molecular formula is C13H15N3OS2. The molecule has 0 saturated carbocycles. The van der Waals surface area contributed by atoms with Gasteiger partial charge in [-0.05, 0) is 18.1 Å². The normalized spacial score (nSPS) is 11.5. The second-order valence-corrected chi connectivity index (χ2v) is 6.55. The van der Waals surface area contributed by atoms with E-state index in [1.165, 1.54) is 11.8 Å². The Morgan fingerprint density at radius 2 is 2.32 bits per heavy atom. The molecule has 2 rings (SSSR count). The van der Waals surface area contributed by atoms with Crippen LogP contribution in [0.2, 0.25) is 0 Å². The predicted molar refractivity (Wildman–Crippen MR) is 81.8 cm³/mol. The number of thiazole rings is 1. The molecular weight excluding hydrogens is 278 g/mol. The van der Waals surface area contributed by atoms with Gasteiger partial charge < -0.3 is 0 Å². The number of fused-ring (bicyclic) bond motifs is 1. The molecule has 0 spiro atoms. The molecule has 0 aliphatic carbocycles. The Balaban J connectivity index is 1.86. The van der Waals surface area contributed by atoms with Gasteiger partial charge in [-0.1, -0.05) is 37.7 Å². The molecule has 2 aromatic rings. The number of hydrogen-bond donors (Lipinski definition) is 1. The van der Waals surface area contributed by atoms with Crippen molar-refractivity contribution in [2.45, 2.75) is 18.2 Å². The average molecular weight is 293 g/mol. The van der Waals surface area contributed by atoms with E-state index in [0.717, 1.165) is 14.6 Å². The molecule has 0 atom stereocenters. The third kappa shape index (κ3) is 4.33. The summed E-state index contributed by atoms with van der Waals surface area (Å²) >= 11 is 3.04. The molecule has 1 heterocycles. The Hall–Kier alpha value is -1.40. The van der Waals surface area contributed by atoms with Crippen molar-refractivity contribution in [3.8, 4) is 0 Å². The topological polar surface area (TPSA) is 54.4 Å². The number of hydrogen-bond acceptors (Lipinski definition) is 5. The molecule has 0 aliphatic rings. The molecule has 1 aromatic heterocycles. The summed E-state index contributed by atoms with van der Waals surface area (Å²) in [6, 6.07) is 7.96. The molecule has 0 fully saturated rings. The maximum Gasteiger partial charge on any atom is 0.250 e. The quantitative estimate of drug-likeness (QED) is 0.523. The highest BCUT2D eigenvalue weighted by Gasteiger charge is 2.06. The average Bonchev–Trinajstić information content (AvgIpc) is 2.78. The second-order valence-electron chi connectivity index (χ2n) is 4.29. The Kier molecular flexibility index (Phi) is 4.93. The van der Waals surface area contributed by atoms with E-state index in [0.29, 0.717) is 11.7 Å². The van der Waals surface area contributed by atoms with Gasteiger partial charge in [-0.2, -0.15) is 5.10 Å². The van der Waals surface area contributed by atoms with Crippen LogP contribution >= 0.6 is 23.1 Å². The number of para-hydroxylation sites is 1. The number of amides is 1. The summed E-state index contributed by atoms with van der Waals surface area (Å²) < 4.78 is 2.05.